The number of nitrogens with two attached hydrogens (primary N) is 2. The molecule has 9 heteroatoms. The summed E-state index contributed by atoms with van der Waals surface area (Å²) in [6, 6.07) is 12.0. The molecule has 0 bridgehead atoms. The summed E-state index contributed by atoms with van der Waals surface area (Å²) >= 11 is 5.94. The molecule has 0 heterocycles. The minimum absolute atomic E-state index is 0.0957. The number of hydrogen-bond acceptors (Lipinski definition) is 3. The second kappa shape index (κ2) is 6.67. The molecule has 2 rings (SSSR count). The molecule has 0 radical (unpaired) electrons. The van der Waals surface area contributed by atoms with E-state index >= 15 is 0 Å². The van der Waals surface area contributed by atoms with Crippen molar-refractivity contribution in [3.8, 4) is 0 Å². The average Bonchev–Trinajstić information content (AvgIpc) is 2.47. The van der Waals surface area contributed by atoms with Crippen molar-refractivity contribution >= 4 is 39.2 Å². The maximum atomic E-state index is 12.1. The molecule has 0 spiro atoms. The molecule has 120 valence electrons. The largest absolute Gasteiger partial charge is 0.369 e. The van der Waals surface area contributed by atoms with Crippen LogP contribution in [0.15, 0.2) is 57.8 Å². The van der Waals surface area contributed by atoms with E-state index in [1.807, 2.05) is 0 Å². The van der Waals surface area contributed by atoms with Gasteiger partial charge >= 0.3 is 0 Å². The summed E-state index contributed by atoms with van der Waals surface area (Å²) in [4.78, 5) is 12.0. The first kappa shape index (κ1) is 16.8. The summed E-state index contributed by atoms with van der Waals surface area (Å²) in [6.07, 6.45) is 0. The van der Waals surface area contributed by atoms with Crippen LogP contribution in [0.25, 0.3) is 0 Å². The molecule has 5 N–H and O–H groups in total. The van der Waals surface area contributed by atoms with Gasteiger partial charge in [-0.2, -0.15) is 8.42 Å². The molecular weight excluding hydrogens is 340 g/mol. The topological polar surface area (TPSA) is 128 Å². The third-order valence-electron chi connectivity index (χ3n) is 2.75. The Kier molecular flexibility index (Phi) is 4.87. The van der Waals surface area contributed by atoms with Gasteiger partial charge in [0, 0.05) is 5.69 Å². The number of hydrogen-bond donors (Lipinski definition) is 3. The molecule has 0 aromatic heterocycles. The highest BCUT2D eigenvalue weighted by Crippen LogP contribution is 2.19. The molecule has 0 aliphatic heterocycles. The Labute approximate surface area is 138 Å². The van der Waals surface area contributed by atoms with Crippen molar-refractivity contribution in [3.05, 3.63) is 59.1 Å². The Bertz CT molecular complexity index is 860. The highest BCUT2D eigenvalue weighted by atomic mass is 35.5. The van der Waals surface area contributed by atoms with Crippen molar-refractivity contribution in [1.82, 2.24) is 0 Å². The van der Waals surface area contributed by atoms with Gasteiger partial charge in [-0.25, -0.2) is 0 Å². The van der Waals surface area contributed by atoms with Crippen molar-refractivity contribution in [2.45, 2.75) is 4.90 Å². The highest BCUT2D eigenvalue weighted by molar-refractivity contribution is 7.90. The molecule has 7 nitrogen and oxygen atoms in total. The number of nitrogens with one attached hydrogen (secondary N) is 1. The molecule has 0 atom stereocenters. The van der Waals surface area contributed by atoms with Crippen LogP contribution in [0.5, 0.6) is 0 Å². The van der Waals surface area contributed by atoms with Gasteiger partial charge in [0.1, 0.15) is 0 Å². The van der Waals surface area contributed by atoms with E-state index < -0.39 is 21.9 Å². The quantitative estimate of drug-likeness (QED) is 0.568. The van der Waals surface area contributed by atoms with Gasteiger partial charge in [-0.15, -0.1) is 4.40 Å². The zero-order valence-corrected chi connectivity index (χ0v) is 13.3. The molecule has 2 aromatic carbocycles. The number of halogens is 1. The van der Waals surface area contributed by atoms with E-state index in [4.69, 9.17) is 23.1 Å². The standard InChI is InChI=1S/C14H13ClN4O3S/c15-12-4-2-1-3-11(12)13(20)18-9-5-7-10(8-6-9)23(21,22)19-14(16)17/h1-8H,(H,18,20)(H4,16,17,19). The number of amides is 1. The number of carbonyl (C=O) groups excluding carboxylic acids is 1. The van der Waals surface area contributed by atoms with Crippen molar-refractivity contribution in [2.75, 3.05) is 5.32 Å². The first-order chi connectivity index (χ1) is 10.8. The van der Waals surface area contributed by atoms with Crippen molar-refractivity contribution in [1.29, 1.82) is 0 Å². The van der Waals surface area contributed by atoms with E-state index in [0.717, 1.165) is 0 Å². The third-order valence-corrected chi connectivity index (χ3v) is 4.40. The monoisotopic (exact) mass is 352 g/mol. The van der Waals surface area contributed by atoms with Crippen LogP contribution in [0.1, 0.15) is 10.4 Å². The molecule has 0 unspecified atom stereocenters. The van der Waals surface area contributed by atoms with Crippen LogP contribution < -0.4 is 16.8 Å². The molecule has 23 heavy (non-hydrogen) atoms. The minimum Gasteiger partial charge on any atom is -0.369 e. The summed E-state index contributed by atoms with van der Waals surface area (Å²) in [6.45, 7) is 0. The lowest BCUT2D eigenvalue weighted by atomic mass is 10.2. The van der Waals surface area contributed by atoms with Gasteiger partial charge in [0.2, 0.25) is 5.96 Å². The van der Waals surface area contributed by atoms with E-state index in [-0.39, 0.29) is 4.90 Å². The van der Waals surface area contributed by atoms with Crippen LogP contribution in [0, 0.1) is 0 Å². The van der Waals surface area contributed by atoms with E-state index in [1.165, 1.54) is 24.3 Å². The maximum absolute atomic E-state index is 12.1. The Hall–Kier alpha value is -2.58. The number of anilines is 1. The maximum Gasteiger partial charge on any atom is 0.285 e. The summed E-state index contributed by atoms with van der Waals surface area (Å²) < 4.78 is 26.7. The van der Waals surface area contributed by atoms with E-state index in [0.29, 0.717) is 16.3 Å². The zero-order chi connectivity index (χ0) is 17.0. The summed E-state index contributed by atoms with van der Waals surface area (Å²) in [5.74, 6) is -0.962. The Morgan fingerprint density at radius 3 is 2.22 bits per heavy atom. The second-order valence-electron chi connectivity index (χ2n) is 4.45. The number of rotatable bonds is 4. The molecule has 0 aliphatic carbocycles. The third kappa shape index (κ3) is 4.21. The molecule has 0 fully saturated rings. The molecule has 0 aliphatic rings. The fraction of sp³-hybridized carbons (Fsp3) is 0. The predicted octanol–water partition coefficient (Wildman–Crippen LogP) is 1.55. The number of carbonyl (C=O) groups is 1. The van der Waals surface area contributed by atoms with Crippen molar-refractivity contribution in [3.63, 3.8) is 0 Å². The fourth-order valence-corrected chi connectivity index (χ4v) is 2.83. The number of benzene rings is 2. The molecular formula is C14H13ClN4O3S. The van der Waals surface area contributed by atoms with E-state index in [1.54, 1.807) is 24.3 Å². The van der Waals surface area contributed by atoms with Crippen LogP contribution in [0.2, 0.25) is 5.02 Å². The molecule has 1 amide bonds. The smallest absolute Gasteiger partial charge is 0.285 e. The number of nitrogens with zero attached hydrogens (tertiary/aromatic N) is 1. The van der Waals surface area contributed by atoms with Gasteiger partial charge in [0.25, 0.3) is 15.9 Å². The molecule has 0 saturated carbocycles. The Balaban J connectivity index is 2.20. The number of sulfonamides is 1. The van der Waals surface area contributed by atoms with E-state index in [9.17, 15) is 13.2 Å². The van der Waals surface area contributed by atoms with Crippen molar-refractivity contribution < 1.29 is 13.2 Å². The fourth-order valence-electron chi connectivity index (χ4n) is 1.75. The van der Waals surface area contributed by atoms with Crippen LogP contribution in [0.3, 0.4) is 0 Å². The van der Waals surface area contributed by atoms with Crippen LogP contribution in [-0.4, -0.2) is 20.3 Å². The molecule has 2 aromatic rings. The van der Waals surface area contributed by atoms with Crippen LogP contribution >= 0.6 is 11.6 Å². The predicted molar refractivity (Wildman–Crippen MR) is 88.8 cm³/mol. The number of guanidine groups is 1. The van der Waals surface area contributed by atoms with Gasteiger partial charge in [0.05, 0.1) is 15.5 Å². The van der Waals surface area contributed by atoms with Gasteiger partial charge in [-0.3, -0.25) is 4.79 Å². The van der Waals surface area contributed by atoms with Gasteiger partial charge in [-0.05, 0) is 36.4 Å². The van der Waals surface area contributed by atoms with Gasteiger partial charge in [-0.1, -0.05) is 23.7 Å². The SMILES string of the molecule is NC(N)=NS(=O)(=O)c1ccc(NC(=O)c2ccccc2Cl)cc1. The Morgan fingerprint density at radius 2 is 1.65 bits per heavy atom. The lowest BCUT2D eigenvalue weighted by molar-refractivity contribution is 0.102. The lowest BCUT2D eigenvalue weighted by Crippen LogP contribution is -2.24. The van der Waals surface area contributed by atoms with Crippen LogP contribution in [0.4, 0.5) is 5.69 Å². The minimum atomic E-state index is -3.96. The van der Waals surface area contributed by atoms with Crippen LogP contribution in [-0.2, 0) is 10.0 Å². The summed E-state index contributed by atoms with van der Waals surface area (Å²) in [5.41, 5.74) is 10.9. The second-order valence-corrected chi connectivity index (χ2v) is 6.46. The highest BCUT2D eigenvalue weighted by Gasteiger charge is 2.14. The molecule has 0 saturated heterocycles. The first-order valence-corrected chi connectivity index (χ1v) is 8.13. The summed E-state index contributed by atoms with van der Waals surface area (Å²) in [7, 11) is -3.96. The Morgan fingerprint density at radius 1 is 1.04 bits per heavy atom. The van der Waals surface area contributed by atoms with E-state index in [2.05, 4.69) is 9.71 Å². The average molecular weight is 353 g/mol. The summed E-state index contributed by atoms with van der Waals surface area (Å²) in [5, 5.41) is 2.93. The zero-order valence-electron chi connectivity index (χ0n) is 11.7. The van der Waals surface area contributed by atoms with Gasteiger partial charge in [0.15, 0.2) is 0 Å². The van der Waals surface area contributed by atoms with Crippen molar-refractivity contribution in [2.24, 2.45) is 15.9 Å². The first-order valence-electron chi connectivity index (χ1n) is 6.31. The normalized spacial score (nSPS) is 10.8. The lowest BCUT2D eigenvalue weighted by Gasteiger charge is -2.07. The van der Waals surface area contributed by atoms with Gasteiger partial charge < -0.3 is 16.8 Å².